The molecule has 2 aromatic carbocycles. The van der Waals surface area contributed by atoms with Crippen LogP contribution in [0.1, 0.15) is 28.8 Å². The summed E-state index contributed by atoms with van der Waals surface area (Å²) in [5, 5.41) is 2.95. The van der Waals surface area contributed by atoms with Crippen LogP contribution in [-0.2, 0) is 11.2 Å². The van der Waals surface area contributed by atoms with Crippen LogP contribution in [0.4, 0.5) is 0 Å². The first-order valence-electron chi connectivity index (χ1n) is 8.58. The fourth-order valence-corrected chi connectivity index (χ4v) is 3.28. The van der Waals surface area contributed by atoms with Gasteiger partial charge in [-0.2, -0.15) is 0 Å². The third-order valence-corrected chi connectivity index (χ3v) is 4.80. The lowest BCUT2D eigenvalue weighted by atomic mass is 10.1. The molecule has 0 aliphatic carbocycles. The van der Waals surface area contributed by atoms with Crippen molar-refractivity contribution in [2.75, 3.05) is 19.8 Å². The summed E-state index contributed by atoms with van der Waals surface area (Å²) in [5.41, 5.74) is 1.83. The minimum absolute atomic E-state index is 0.0812. The first-order chi connectivity index (χ1) is 12.2. The Hall–Kier alpha value is -1.85. The molecule has 1 aliphatic heterocycles. The monoisotopic (exact) mass is 403 g/mol. The molecule has 1 saturated heterocycles. The second kappa shape index (κ2) is 9.02. The van der Waals surface area contributed by atoms with Crippen molar-refractivity contribution in [2.24, 2.45) is 0 Å². The van der Waals surface area contributed by atoms with Gasteiger partial charge in [0.05, 0.1) is 10.6 Å². The summed E-state index contributed by atoms with van der Waals surface area (Å²) in [7, 11) is 0. The maximum atomic E-state index is 12.3. The summed E-state index contributed by atoms with van der Waals surface area (Å²) in [5.74, 6) is 0.652. The molecule has 132 valence electrons. The van der Waals surface area contributed by atoms with E-state index in [0.717, 1.165) is 36.1 Å². The lowest BCUT2D eigenvalue weighted by Crippen LogP contribution is -2.25. The normalized spacial score (nSPS) is 16.6. The molecule has 1 atom stereocenters. The molecular weight excluding hydrogens is 382 g/mol. The van der Waals surface area contributed by atoms with Gasteiger partial charge in [0.1, 0.15) is 12.4 Å². The van der Waals surface area contributed by atoms with Gasteiger partial charge in [0, 0.05) is 18.7 Å². The van der Waals surface area contributed by atoms with Crippen LogP contribution in [0.15, 0.2) is 53.0 Å². The molecule has 1 heterocycles. The molecular formula is C20H22BrNO3. The number of carbonyl (C=O) groups excluding carboxylic acids is 1. The molecule has 2 aromatic rings. The van der Waals surface area contributed by atoms with E-state index in [2.05, 4.69) is 33.4 Å². The van der Waals surface area contributed by atoms with Gasteiger partial charge in [0.25, 0.3) is 5.91 Å². The number of nitrogens with one attached hydrogen (secondary N) is 1. The molecule has 0 saturated carbocycles. The maximum absolute atomic E-state index is 12.3. The van der Waals surface area contributed by atoms with Gasteiger partial charge in [-0.05, 0) is 59.0 Å². The molecule has 1 fully saturated rings. The Kier molecular flexibility index (Phi) is 6.48. The number of hydrogen-bond donors (Lipinski definition) is 1. The zero-order valence-corrected chi connectivity index (χ0v) is 15.6. The van der Waals surface area contributed by atoms with Crippen molar-refractivity contribution in [3.8, 4) is 5.75 Å². The zero-order chi connectivity index (χ0) is 17.5. The number of halogens is 1. The van der Waals surface area contributed by atoms with Crippen LogP contribution >= 0.6 is 15.9 Å². The highest BCUT2D eigenvalue weighted by Gasteiger charge is 2.17. The van der Waals surface area contributed by atoms with Crippen molar-refractivity contribution in [1.82, 2.24) is 5.32 Å². The second-order valence-electron chi connectivity index (χ2n) is 6.08. The van der Waals surface area contributed by atoms with E-state index >= 15 is 0 Å². The molecule has 1 aliphatic rings. The predicted molar refractivity (Wildman–Crippen MR) is 101 cm³/mol. The van der Waals surface area contributed by atoms with Crippen molar-refractivity contribution in [1.29, 1.82) is 0 Å². The van der Waals surface area contributed by atoms with E-state index in [4.69, 9.17) is 9.47 Å². The van der Waals surface area contributed by atoms with Crippen molar-refractivity contribution in [3.05, 3.63) is 64.1 Å². The van der Waals surface area contributed by atoms with Crippen LogP contribution in [0.25, 0.3) is 0 Å². The standard InChI is InChI=1S/C20H22BrNO3/c21-18-13-16(8-9-19(18)25-14-17-7-4-12-24-17)20(23)22-11-10-15-5-2-1-3-6-15/h1-3,5-6,8-9,13,17H,4,7,10-12,14H2,(H,22,23). The Morgan fingerprint density at radius 1 is 1.24 bits per heavy atom. The van der Waals surface area contributed by atoms with E-state index < -0.39 is 0 Å². The Balaban J connectivity index is 1.49. The van der Waals surface area contributed by atoms with Gasteiger partial charge in [0.15, 0.2) is 0 Å². The van der Waals surface area contributed by atoms with E-state index in [1.54, 1.807) is 12.1 Å². The van der Waals surface area contributed by atoms with Crippen LogP contribution in [0.3, 0.4) is 0 Å². The van der Waals surface area contributed by atoms with Crippen molar-refractivity contribution >= 4 is 21.8 Å². The van der Waals surface area contributed by atoms with Gasteiger partial charge >= 0.3 is 0 Å². The third kappa shape index (κ3) is 5.31. The number of rotatable bonds is 7. The molecule has 25 heavy (non-hydrogen) atoms. The minimum Gasteiger partial charge on any atom is -0.490 e. The Labute approximate surface area is 156 Å². The molecule has 0 bridgehead atoms. The highest BCUT2D eigenvalue weighted by Crippen LogP contribution is 2.27. The van der Waals surface area contributed by atoms with Crippen LogP contribution < -0.4 is 10.1 Å². The Bertz CT molecular complexity index is 699. The molecule has 4 nitrogen and oxygen atoms in total. The summed E-state index contributed by atoms with van der Waals surface area (Å²) in [6.07, 6.45) is 3.13. The number of hydrogen-bond acceptors (Lipinski definition) is 3. The summed E-state index contributed by atoms with van der Waals surface area (Å²) in [6.45, 7) is 1.97. The van der Waals surface area contributed by atoms with Crippen LogP contribution in [-0.4, -0.2) is 31.8 Å². The lowest BCUT2D eigenvalue weighted by Gasteiger charge is -2.13. The predicted octanol–water partition coefficient (Wildman–Crippen LogP) is 3.98. The van der Waals surface area contributed by atoms with Crippen LogP contribution in [0.2, 0.25) is 0 Å². The minimum atomic E-state index is -0.0812. The quantitative estimate of drug-likeness (QED) is 0.760. The molecule has 1 unspecified atom stereocenters. The summed E-state index contributed by atoms with van der Waals surface area (Å²) < 4.78 is 12.1. The Morgan fingerprint density at radius 2 is 2.08 bits per heavy atom. The van der Waals surface area contributed by atoms with Crippen molar-refractivity contribution < 1.29 is 14.3 Å². The molecule has 1 N–H and O–H groups in total. The van der Waals surface area contributed by atoms with E-state index in [-0.39, 0.29) is 12.0 Å². The first kappa shape index (κ1) is 18.0. The van der Waals surface area contributed by atoms with Crippen molar-refractivity contribution in [2.45, 2.75) is 25.4 Å². The molecule has 5 heteroatoms. The molecule has 0 aromatic heterocycles. The third-order valence-electron chi connectivity index (χ3n) is 4.18. The molecule has 3 rings (SSSR count). The zero-order valence-electron chi connectivity index (χ0n) is 14.0. The van der Waals surface area contributed by atoms with Gasteiger partial charge in [0.2, 0.25) is 0 Å². The van der Waals surface area contributed by atoms with Gasteiger partial charge in [-0.25, -0.2) is 0 Å². The average Bonchev–Trinajstić information content (AvgIpc) is 3.15. The van der Waals surface area contributed by atoms with E-state index in [1.165, 1.54) is 5.56 Å². The number of benzene rings is 2. The van der Waals surface area contributed by atoms with Crippen LogP contribution in [0, 0.1) is 0 Å². The average molecular weight is 404 g/mol. The summed E-state index contributed by atoms with van der Waals surface area (Å²) in [6, 6.07) is 15.5. The van der Waals surface area contributed by atoms with Crippen molar-refractivity contribution in [3.63, 3.8) is 0 Å². The topological polar surface area (TPSA) is 47.6 Å². The smallest absolute Gasteiger partial charge is 0.251 e. The molecule has 0 radical (unpaired) electrons. The first-order valence-corrected chi connectivity index (χ1v) is 9.38. The van der Waals surface area contributed by atoms with E-state index in [0.29, 0.717) is 18.7 Å². The van der Waals surface area contributed by atoms with Gasteiger partial charge in [-0.1, -0.05) is 30.3 Å². The summed E-state index contributed by atoms with van der Waals surface area (Å²) >= 11 is 3.48. The Morgan fingerprint density at radius 3 is 2.80 bits per heavy atom. The van der Waals surface area contributed by atoms with Crippen LogP contribution in [0.5, 0.6) is 5.75 Å². The fraction of sp³-hybridized carbons (Fsp3) is 0.350. The van der Waals surface area contributed by atoms with Gasteiger partial charge in [-0.3, -0.25) is 4.79 Å². The molecule has 0 spiro atoms. The lowest BCUT2D eigenvalue weighted by molar-refractivity contribution is 0.0677. The number of amides is 1. The molecule has 1 amide bonds. The maximum Gasteiger partial charge on any atom is 0.251 e. The highest BCUT2D eigenvalue weighted by molar-refractivity contribution is 9.10. The summed E-state index contributed by atoms with van der Waals surface area (Å²) in [4.78, 5) is 12.3. The number of carbonyl (C=O) groups is 1. The largest absolute Gasteiger partial charge is 0.490 e. The number of ether oxygens (including phenoxy) is 2. The highest BCUT2D eigenvalue weighted by atomic mass is 79.9. The SMILES string of the molecule is O=C(NCCc1ccccc1)c1ccc(OCC2CCCO2)c(Br)c1. The second-order valence-corrected chi connectivity index (χ2v) is 6.94. The van der Waals surface area contributed by atoms with E-state index in [1.807, 2.05) is 24.3 Å². The fourth-order valence-electron chi connectivity index (χ4n) is 2.78. The van der Waals surface area contributed by atoms with Gasteiger partial charge in [-0.15, -0.1) is 0 Å². The van der Waals surface area contributed by atoms with Gasteiger partial charge < -0.3 is 14.8 Å². The van der Waals surface area contributed by atoms with E-state index in [9.17, 15) is 4.79 Å².